The molecule has 6 heteroatoms. The van der Waals surface area contributed by atoms with E-state index in [2.05, 4.69) is 27.4 Å². The van der Waals surface area contributed by atoms with Gasteiger partial charge in [0.15, 0.2) is 0 Å². The van der Waals surface area contributed by atoms with Crippen molar-refractivity contribution in [2.45, 2.75) is 76.7 Å². The van der Waals surface area contributed by atoms with Gasteiger partial charge in [-0.15, -0.1) is 0 Å². The summed E-state index contributed by atoms with van der Waals surface area (Å²) >= 11 is 3.26. The monoisotopic (exact) mass is 346 g/mol. The fourth-order valence-electron chi connectivity index (χ4n) is 4.12. The molecule has 1 atom stereocenters. The van der Waals surface area contributed by atoms with Gasteiger partial charge in [-0.05, 0) is 38.5 Å². The zero-order valence-corrected chi connectivity index (χ0v) is 15.8. The maximum absolute atomic E-state index is 8.82. The van der Waals surface area contributed by atoms with E-state index >= 15 is 0 Å². The molecule has 1 aliphatic carbocycles. The zero-order valence-electron chi connectivity index (χ0n) is 13.9. The van der Waals surface area contributed by atoms with E-state index in [-0.39, 0.29) is 0 Å². The maximum Gasteiger partial charge on any atom is 0.393 e. The third kappa shape index (κ3) is 5.76. The molecule has 0 aromatic heterocycles. The lowest BCUT2D eigenvalue weighted by molar-refractivity contribution is -0.228. The minimum Gasteiger partial charge on any atom is -0.228 e. The highest BCUT2D eigenvalue weighted by Crippen LogP contribution is 2.28. The molecule has 1 saturated carbocycles. The predicted octanol–water partition coefficient (Wildman–Crippen LogP) is 4.28. The van der Waals surface area contributed by atoms with Gasteiger partial charge in [0.2, 0.25) is 0 Å². The molecule has 3 aliphatic rings. The number of hydrogen-bond acceptors (Lipinski definition) is 4. The van der Waals surface area contributed by atoms with E-state index in [4.69, 9.17) is 4.57 Å². The van der Waals surface area contributed by atoms with Gasteiger partial charge in [-0.25, -0.2) is 10.0 Å². The normalized spacial score (nSPS) is 25.9. The fourth-order valence-corrected chi connectivity index (χ4v) is 4.12. The second-order valence-corrected chi connectivity index (χ2v) is 7.46. The molecular formula is C16H33N3OPS+. The van der Waals surface area contributed by atoms with Crippen LogP contribution in [0.1, 0.15) is 70.6 Å². The van der Waals surface area contributed by atoms with Gasteiger partial charge in [-0.3, -0.25) is 0 Å². The highest BCUT2D eigenvalue weighted by atomic mass is 32.7. The fraction of sp³-hybridized carbons (Fsp3) is 1.00. The van der Waals surface area contributed by atoms with Gasteiger partial charge >= 0.3 is 7.66 Å². The Morgan fingerprint density at radius 3 is 1.50 bits per heavy atom. The number of hydrogen-bond donors (Lipinski definition) is 1. The maximum atomic E-state index is 8.82. The molecule has 128 valence electrons. The Hall–Kier alpha value is 0.330. The first-order valence-electron chi connectivity index (χ1n) is 9.17. The van der Waals surface area contributed by atoms with E-state index in [9.17, 15) is 0 Å². The summed E-state index contributed by atoms with van der Waals surface area (Å²) in [6.07, 6.45) is 15.7. The first-order valence-corrected chi connectivity index (χ1v) is 11.4. The lowest BCUT2D eigenvalue weighted by Crippen LogP contribution is -2.60. The van der Waals surface area contributed by atoms with Crippen LogP contribution in [-0.4, -0.2) is 47.4 Å². The largest absolute Gasteiger partial charge is 0.393 e. The van der Waals surface area contributed by atoms with Crippen LogP contribution in [0, 0.1) is 0 Å². The van der Waals surface area contributed by atoms with Gasteiger partial charge in [0, 0.05) is 32.2 Å². The van der Waals surface area contributed by atoms with Crippen LogP contribution in [0.5, 0.6) is 0 Å². The highest BCUT2D eigenvalue weighted by Gasteiger charge is 2.32. The van der Waals surface area contributed by atoms with Crippen LogP contribution in [0.3, 0.4) is 0 Å². The number of rotatable bonds is 3. The topological polar surface area (TPSA) is 26.8 Å². The van der Waals surface area contributed by atoms with Crippen LogP contribution in [0.15, 0.2) is 0 Å². The zero-order chi connectivity index (χ0) is 15.6. The summed E-state index contributed by atoms with van der Waals surface area (Å²) in [6, 6.07) is 0.810. The molecule has 0 N–H and O–H groups in total. The number of nitrogens with zero attached hydrogens (tertiary/aromatic N) is 3. The van der Waals surface area contributed by atoms with Crippen LogP contribution < -0.4 is 0 Å². The van der Waals surface area contributed by atoms with Crippen LogP contribution in [-0.2, 0) is 4.57 Å². The summed E-state index contributed by atoms with van der Waals surface area (Å²) in [5, 5.41) is 8.15. The number of thiol groups is 1. The smallest absolute Gasteiger partial charge is 0.228 e. The summed E-state index contributed by atoms with van der Waals surface area (Å²) in [7, 11) is -0.472. The second-order valence-electron chi connectivity index (χ2n) is 6.73. The Kier molecular flexibility index (Phi) is 9.32. The first-order chi connectivity index (χ1) is 10.9. The molecule has 0 bridgehead atoms. The van der Waals surface area contributed by atoms with Gasteiger partial charge in [0.05, 0.1) is 0 Å². The summed E-state index contributed by atoms with van der Waals surface area (Å²) in [6.45, 7) is 5.19. The van der Waals surface area contributed by atoms with E-state index in [1.165, 1.54) is 96.8 Å². The third-order valence-electron chi connectivity index (χ3n) is 5.15. The molecule has 2 saturated heterocycles. The van der Waals surface area contributed by atoms with Crippen LogP contribution in [0.2, 0.25) is 0 Å². The van der Waals surface area contributed by atoms with Gasteiger partial charge in [-0.2, -0.15) is 5.12 Å². The van der Waals surface area contributed by atoms with Crippen molar-refractivity contribution in [3.05, 3.63) is 0 Å². The van der Waals surface area contributed by atoms with Crippen molar-refractivity contribution in [3.8, 4) is 0 Å². The van der Waals surface area contributed by atoms with Crippen molar-refractivity contribution in [1.82, 2.24) is 15.1 Å². The summed E-state index contributed by atoms with van der Waals surface area (Å²) in [5.74, 6) is 0. The minimum atomic E-state index is -0.472. The molecule has 0 radical (unpaired) electrons. The first kappa shape index (κ1) is 18.7. The van der Waals surface area contributed by atoms with E-state index in [1.807, 2.05) is 0 Å². The molecule has 2 aliphatic heterocycles. The highest BCUT2D eigenvalue weighted by molar-refractivity contribution is 8.33. The average Bonchev–Trinajstić information content (AvgIpc) is 2.59. The summed E-state index contributed by atoms with van der Waals surface area (Å²) < 4.78 is 8.82. The average molecular weight is 347 g/mol. The molecule has 3 fully saturated rings. The predicted molar refractivity (Wildman–Crippen MR) is 97.5 cm³/mol. The van der Waals surface area contributed by atoms with Gasteiger partial charge in [0.1, 0.15) is 12.2 Å². The van der Waals surface area contributed by atoms with Crippen molar-refractivity contribution in [2.24, 2.45) is 0 Å². The van der Waals surface area contributed by atoms with Gasteiger partial charge in [-0.1, -0.05) is 36.7 Å². The van der Waals surface area contributed by atoms with Gasteiger partial charge in [0.25, 0.3) is 0 Å². The van der Waals surface area contributed by atoms with E-state index in [0.29, 0.717) is 0 Å². The molecule has 4 nitrogen and oxygen atoms in total. The van der Waals surface area contributed by atoms with Crippen molar-refractivity contribution < 1.29 is 4.57 Å². The van der Waals surface area contributed by atoms with Crippen LogP contribution in [0.4, 0.5) is 0 Å². The van der Waals surface area contributed by atoms with E-state index in [1.54, 1.807) is 0 Å². The van der Waals surface area contributed by atoms with Crippen molar-refractivity contribution in [2.75, 3.05) is 26.2 Å². The van der Waals surface area contributed by atoms with Crippen molar-refractivity contribution in [3.63, 3.8) is 0 Å². The molecule has 0 spiro atoms. The Bertz CT molecular complexity index is 261. The number of piperidine rings is 2. The molecular weight excluding hydrogens is 313 g/mol. The molecule has 0 aromatic rings. The van der Waals surface area contributed by atoms with Crippen LogP contribution >= 0.6 is 19.9 Å². The lowest BCUT2D eigenvalue weighted by Gasteiger charge is -2.50. The lowest BCUT2D eigenvalue weighted by atomic mass is 9.95. The van der Waals surface area contributed by atoms with Crippen molar-refractivity contribution in [1.29, 1.82) is 0 Å². The molecule has 22 heavy (non-hydrogen) atoms. The molecule has 1 unspecified atom stereocenters. The van der Waals surface area contributed by atoms with E-state index in [0.717, 1.165) is 6.04 Å². The van der Waals surface area contributed by atoms with Crippen LogP contribution in [0.25, 0.3) is 0 Å². The molecule has 0 aromatic carbocycles. The van der Waals surface area contributed by atoms with Crippen molar-refractivity contribution >= 4 is 19.9 Å². The number of hydrazine groups is 2. The Labute approximate surface area is 142 Å². The second kappa shape index (κ2) is 11.0. The molecule has 2 heterocycles. The Balaban J connectivity index is 0.000000545. The standard InChI is InChI=1S/C16H31N3.HOPS/c1-4-10-16(11-5-1)19(17-12-6-2-7-13-17)18-14-8-3-9-15-18;1-2-3/h16H,1-15H2;(H,1,3)/p+1. The molecule has 0 amide bonds. The Morgan fingerprint density at radius 2 is 1.09 bits per heavy atom. The van der Waals surface area contributed by atoms with E-state index < -0.39 is 7.66 Å². The summed E-state index contributed by atoms with van der Waals surface area (Å²) in [5.41, 5.74) is 0. The third-order valence-corrected chi connectivity index (χ3v) is 5.15. The van der Waals surface area contributed by atoms with Gasteiger partial charge < -0.3 is 0 Å². The minimum absolute atomic E-state index is 0.472. The summed E-state index contributed by atoms with van der Waals surface area (Å²) in [4.78, 5) is 0. The Morgan fingerprint density at radius 1 is 0.727 bits per heavy atom. The SMILES string of the molecule is C1CCC(N(N2CCCCC2)N2CCCCC2)CC1.O=[PH+]S. The quantitative estimate of drug-likeness (QED) is 0.610. The molecule has 3 rings (SSSR count).